The second kappa shape index (κ2) is 3.01. The third-order valence-corrected chi connectivity index (χ3v) is 3.07. The molecule has 3 nitrogen and oxygen atoms in total. The van der Waals surface area contributed by atoms with Crippen molar-refractivity contribution in [3.63, 3.8) is 0 Å². The maximum Gasteiger partial charge on any atom is 0.188 e. The van der Waals surface area contributed by atoms with E-state index in [1.54, 1.807) is 0 Å². The Labute approximate surface area is 76.5 Å². The minimum Gasteiger partial charge on any atom is -0.380 e. The third-order valence-electron chi connectivity index (χ3n) is 3.07. The lowest BCUT2D eigenvalue weighted by Gasteiger charge is -2.30. The predicted octanol–water partition coefficient (Wildman–Crippen LogP) is 2.03. The van der Waals surface area contributed by atoms with E-state index < -0.39 is 0 Å². The quantitative estimate of drug-likeness (QED) is 0.737. The molecule has 1 heterocycles. The molecule has 13 heavy (non-hydrogen) atoms. The van der Waals surface area contributed by atoms with Crippen LogP contribution in [-0.4, -0.2) is 10.2 Å². The number of nitrogens with two attached hydrogens (primary N) is 1. The number of nitrogens with one attached hydrogen (secondary N) is 1. The molecule has 4 heteroatoms. The van der Waals surface area contributed by atoms with Crippen LogP contribution in [0.15, 0.2) is 0 Å². The number of nitrogen functional groups attached to an aromatic ring is 1. The lowest BCUT2D eigenvalue weighted by Crippen LogP contribution is -2.19. The molecule has 2 rings (SSSR count). The van der Waals surface area contributed by atoms with Gasteiger partial charge in [-0.25, -0.2) is 4.39 Å². The van der Waals surface area contributed by atoms with Crippen LogP contribution in [0.5, 0.6) is 0 Å². The largest absolute Gasteiger partial charge is 0.380 e. The highest BCUT2D eigenvalue weighted by molar-refractivity contribution is 5.33. The van der Waals surface area contributed by atoms with Crippen molar-refractivity contribution in [2.24, 2.45) is 5.92 Å². The van der Waals surface area contributed by atoms with Crippen LogP contribution < -0.4 is 5.73 Å². The molecular formula is C9H14FN3. The second-order valence-electron chi connectivity index (χ2n) is 3.82. The third kappa shape index (κ3) is 1.30. The molecule has 0 spiro atoms. The minimum absolute atomic E-state index is 0.0128. The maximum absolute atomic E-state index is 13.3. The number of aromatic nitrogens is 2. The maximum atomic E-state index is 13.3. The van der Waals surface area contributed by atoms with Crippen LogP contribution in [0.25, 0.3) is 0 Å². The molecule has 3 N–H and O–H groups in total. The monoisotopic (exact) mass is 183 g/mol. The number of aromatic amines is 1. The van der Waals surface area contributed by atoms with Crippen molar-refractivity contribution < 1.29 is 4.39 Å². The summed E-state index contributed by atoms with van der Waals surface area (Å²) in [7, 11) is 0. The lowest BCUT2D eigenvalue weighted by atomic mass is 9.75. The molecule has 0 bridgehead atoms. The van der Waals surface area contributed by atoms with Gasteiger partial charge >= 0.3 is 0 Å². The highest BCUT2D eigenvalue weighted by Gasteiger charge is 2.28. The Morgan fingerprint density at radius 2 is 2.31 bits per heavy atom. The Morgan fingerprint density at radius 3 is 2.69 bits per heavy atom. The van der Waals surface area contributed by atoms with E-state index in [0.717, 1.165) is 0 Å². The van der Waals surface area contributed by atoms with Gasteiger partial charge in [-0.05, 0) is 18.8 Å². The van der Waals surface area contributed by atoms with Gasteiger partial charge in [-0.3, -0.25) is 5.10 Å². The zero-order chi connectivity index (χ0) is 9.42. The first-order chi connectivity index (χ1) is 6.20. The van der Waals surface area contributed by atoms with Crippen molar-refractivity contribution in [3.05, 3.63) is 11.5 Å². The van der Waals surface area contributed by atoms with Crippen LogP contribution in [0, 0.1) is 11.7 Å². The van der Waals surface area contributed by atoms with E-state index in [9.17, 15) is 4.39 Å². The number of hydrogen-bond donors (Lipinski definition) is 2. The summed E-state index contributed by atoms with van der Waals surface area (Å²) in [6.07, 6.45) is 3.65. The summed E-state index contributed by atoms with van der Waals surface area (Å²) >= 11 is 0. The second-order valence-corrected chi connectivity index (χ2v) is 3.82. The van der Waals surface area contributed by atoms with Gasteiger partial charge in [-0.2, -0.15) is 5.10 Å². The highest BCUT2D eigenvalue weighted by atomic mass is 19.1. The van der Waals surface area contributed by atoms with Crippen molar-refractivity contribution in [1.82, 2.24) is 10.2 Å². The molecule has 0 aromatic carbocycles. The molecule has 1 unspecified atom stereocenters. The number of halogens is 1. The van der Waals surface area contributed by atoms with E-state index in [0.29, 0.717) is 11.6 Å². The van der Waals surface area contributed by atoms with Crippen LogP contribution in [0.2, 0.25) is 0 Å². The fourth-order valence-corrected chi connectivity index (χ4v) is 1.83. The van der Waals surface area contributed by atoms with Crippen molar-refractivity contribution in [1.29, 1.82) is 0 Å². The highest BCUT2D eigenvalue weighted by Crippen LogP contribution is 2.39. The fourth-order valence-electron chi connectivity index (χ4n) is 1.83. The van der Waals surface area contributed by atoms with Crippen molar-refractivity contribution >= 4 is 5.82 Å². The predicted molar refractivity (Wildman–Crippen MR) is 48.7 cm³/mol. The van der Waals surface area contributed by atoms with Crippen LogP contribution in [0.4, 0.5) is 10.2 Å². The van der Waals surface area contributed by atoms with E-state index >= 15 is 0 Å². The van der Waals surface area contributed by atoms with Crippen LogP contribution in [0.1, 0.15) is 37.8 Å². The van der Waals surface area contributed by atoms with Gasteiger partial charge in [0.05, 0.1) is 5.69 Å². The molecule has 0 aliphatic heterocycles. The average molecular weight is 183 g/mol. The number of rotatable bonds is 2. The Morgan fingerprint density at radius 1 is 1.62 bits per heavy atom. The number of nitrogens with zero attached hydrogens (tertiary/aromatic N) is 1. The van der Waals surface area contributed by atoms with Crippen LogP contribution in [-0.2, 0) is 0 Å². The standard InChI is InChI=1S/C9H14FN3/c1-5(6-3-2-4-6)8-7(10)9(11)13-12-8/h5-6H,2-4H2,1H3,(H3,11,12,13). The number of hydrogen-bond acceptors (Lipinski definition) is 2. The molecule has 1 aliphatic carbocycles. The molecule has 1 atom stereocenters. The van der Waals surface area contributed by atoms with E-state index in [4.69, 9.17) is 5.73 Å². The smallest absolute Gasteiger partial charge is 0.188 e. The van der Waals surface area contributed by atoms with Gasteiger partial charge in [-0.1, -0.05) is 13.3 Å². The van der Waals surface area contributed by atoms with Gasteiger partial charge in [0.2, 0.25) is 0 Å². The first-order valence-corrected chi connectivity index (χ1v) is 4.69. The zero-order valence-electron chi connectivity index (χ0n) is 7.68. The number of H-pyrrole nitrogens is 1. The van der Waals surface area contributed by atoms with E-state index in [1.807, 2.05) is 6.92 Å². The summed E-state index contributed by atoms with van der Waals surface area (Å²) in [5.41, 5.74) is 5.89. The van der Waals surface area contributed by atoms with Gasteiger partial charge < -0.3 is 5.73 Å². The van der Waals surface area contributed by atoms with Crippen molar-refractivity contribution in [2.45, 2.75) is 32.1 Å². The molecule has 1 aromatic rings. The molecule has 72 valence electrons. The van der Waals surface area contributed by atoms with Gasteiger partial charge in [0.25, 0.3) is 0 Å². The summed E-state index contributed by atoms with van der Waals surface area (Å²) in [5.74, 6) is 0.452. The van der Waals surface area contributed by atoms with Gasteiger partial charge in [0.15, 0.2) is 11.6 Å². The zero-order valence-corrected chi connectivity index (χ0v) is 7.68. The van der Waals surface area contributed by atoms with Gasteiger partial charge in [-0.15, -0.1) is 0 Å². The number of anilines is 1. The SMILES string of the molecule is CC(c1[nH]nc(N)c1F)C1CCC1. The van der Waals surface area contributed by atoms with Crippen molar-refractivity contribution in [3.8, 4) is 0 Å². The first-order valence-electron chi connectivity index (χ1n) is 4.69. The molecule has 0 amide bonds. The van der Waals surface area contributed by atoms with Crippen molar-refractivity contribution in [2.75, 3.05) is 5.73 Å². The summed E-state index contributed by atoms with van der Waals surface area (Å²) in [6.45, 7) is 2.03. The Hall–Kier alpha value is -1.06. The molecular weight excluding hydrogens is 169 g/mol. The average Bonchev–Trinajstić information content (AvgIpc) is 2.29. The summed E-state index contributed by atoms with van der Waals surface area (Å²) < 4.78 is 13.3. The molecule has 0 saturated heterocycles. The molecule has 1 saturated carbocycles. The summed E-state index contributed by atoms with van der Waals surface area (Å²) in [4.78, 5) is 0. The summed E-state index contributed by atoms with van der Waals surface area (Å²) in [5, 5.41) is 6.33. The normalized spacial score (nSPS) is 19.8. The van der Waals surface area contributed by atoms with E-state index in [1.165, 1.54) is 19.3 Å². The minimum atomic E-state index is -0.362. The Bertz CT molecular complexity index is 304. The molecule has 1 fully saturated rings. The first kappa shape index (κ1) is 8.53. The summed E-state index contributed by atoms with van der Waals surface area (Å²) in [6, 6.07) is 0. The Kier molecular flexibility index (Phi) is 1.98. The van der Waals surface area contributed by atoms with Gasteiger partial charge in [0, 0.05) is 5.92 Å². The van der Waals surface area contributed by atoms with E-state index in [2.05, 4.69) is 10.2 Å². The fraction of sp³-hybridized carbons (Fsp3) is 0.667. The molecule has 0 radical (unpaired) electrons. The van der Waals surface area contributed by atoms with Gasteiger partial charge in [0.1, 0.15) is 0 Å². The van der Waals surface area contributed by atoms with E-state index in [-0.39, 0.29) is 17.6 Å². The van der Waals surface area contributed by atoms with Crippen LogP contribution >= 0.6 is 0 Å². The van der Waals surface area contributed by atoms with Crippen LogP contribution in [0.3, 0.4) is 0 Å². The lowest BCUT2D eigenvalue weighted by molar-refractivity contribution is 0.265. The molecule has 1 aliphatic rings. The topological polar surface area (TPSA) is 54.7 Å². The Balaban J connectivity index is 2.18. The molecule has 1 aromatic heterocycles.